The lowest BCUT2D eigenvalue weighted by atomic mass is 10.2. The molecule has 6 heteroatoms. The van der Waals surface area contributed by atoms with Gasteiger partial charge in [-0.1, -0.05) is 18.2 Å². The van der Waals surface area contributed by atoms with E-state index in [2.05, 4.69) is 4.98 Å². The summed E-state index contributed by atoms with van der Waals surface area (Å²) in [7, 11) is 0. The molecule has 26 heavy (non-hydrogen) atoms. The van der Waals surface area contributed by atoms with Crippen molar-refractivity contribution in [3.8, 4) is 5.75 Å². The van der Waals surface area contributed by atoms with E-state index in [9.17, 15) is 9.59 Å². The van der Waals surface area contributed by atoms with Crippen molar-refractivity contribution >= 4 is 11.8 Å². The Bertz CT molecular complexity index is 764. The lowest BCUT2D eigenvalue weighted by Crippen LogP contribution is -2.39. The number of ether oxygens (including phenoxy) is 1. The number of hydrogen-bond donors (Lipinski definition) is 0. The zero-order chi connectivity index (χ0) is 18.4. The van der Waals surface area contributed by atoms with Gasteiger partial charge in [-0.25, -0.2) is 0 Å². The van der Waals surface area contributed by atoms with Gasteiger partial charge in [0, 0.05) is 44.1 Å². The number of hydrogen-bond acceptors (Lipinski definition) is 4. The summed E-state index contributed by atoms with van der Waals surface area (Å²) in [4.78, 5) is 32.5. The zero-order valence-electron chi connectivity index (χ0n) is 14.9. The predicted octanol–water partition coefficient (Wildman–Crippen LogP) is 2.14. The van der Waals surface area contributed by atoms with Crippen molar-refractivity contribution in [3.63, 3.8) is 0 Å². The first kappa shape index (κ1) is 17.9. The van der Waals surface area contributed by atoms with Crippen molar-refractivity contribution in [2.75, 3.05) is 32.8 Å². The molecule has 3 rings (SSSR count). The van der Waals surface area contributed by atoms with Crippen LogP contribution in [-0.4, -0.2) is 59.4 Å². The van der Waals surface area contributed by atoms with Crippen LogP contribution in [0.1, 0.15) is 22.3 Å². The first-order valence-electron chi connectivity index (χ1n) is 8.80. The van der Waals surface area contributed by atoms with E-state index in [0.29, 0.717) is 31.7 Å². The average molecular weight is 353 g/mol. The summed E-state index contributed by atoms with van der Waals surface area (Å²) < 4.78 is 5.66. The standard InChI is InChI=1S/C20H23N3O3/c1-16-5-2-3-6-18(16)26-15-19(24)22-11-4-12-23(14-13-22)20(25)17-7-9-21-10-8-17/h2-3,5-10H,4,11-15H2,1H3. The first-order valence-corrected chi connectivity index (χ1v) is 8.80. The maximum absolute atomic E-state index is 12.5. The molecular weight excluding hydrogens is 330 g/mol. The number of aromatic nitrogens is 1. The van der Waals surface area contributed by atoms with E-state index in [-0.39, 0.29) is 18.4 Å². The Hall–Kier alpha value is -2.89. The molecule has 2 heterocycles. The smallest absolute Gasteiger partial charge is 0.260 e. The summed E-state index contributed by atoms with van der Waals surface area (Å²) in [5.74, 6) is 0.662. The van der Waals surface area contributed by atoms with Crippen LogP contribution in [0, 0.1) is 6.92 Å². The molecule has 2 aromatic rings. The van der Waals surface area contributed by atoms with Crippen molar-refractivity contribution < 1.29 is 14.3 Å². The van der Waals surface area contributed by atoms with Crippen LogP contribution in [-0.2, 0) is 4.79 Å². The Morgan fingerprint density at radius 1 is 1.00 bits per heavy atom. The van der Waals surface area contributed by atoms with Gasteiger partial charge in [-0.2, -0.15) is 0 Å². The Kier molecular flexibility index (Phi) is 5.84. The van der Waals surface area contributed by atoms with Gasteiger partial charge in [0.15, 0.2) is 6.61 Å². The fraction of sp³-hybridized carbons (Fsp3) is 0.350. The van der Waals surface area contributed by atoms with Crippen LogP contribution in [0.4, 0.5) is 0 Å². The first-order chi connectivity index (χ1) is 12.6. The number of rotatable bonds is 4. The van der Waals surface area contributed by atoms with Crippen LogP contribution in [0.25, 0.3) is 0 Å². The number of carbonyl (C=O) groups excluding carboxylic acids is 2. The van der Waals surface area contributed by atoms with Crippen molar-refractivity contribution in [2.24, 2.45) is 0 Å². The second kappa shape index (κ2) is 8.47. The molecule has 0 saturated carbocycles. The van der Waals surface area contributed by atoms with Crippen LogP contribution in [0.15, 0.2) is 48.8 Å². The molecule has 6 nitrogen and oxygen atoms in total. The topological polar surface area (TPSA) is 62.7 Å². The molecule has 1 aliphatic heterocycles. The highest BCUT2D eigenvalue weighted by Crippen LogP contribution is 2.16. The molecule has 0 bridgehead atoms. The normalized spacial score (nSPS) is 14.7. The second-order valence-electron chi connectivity index (χ2n) is 6.32. The van der Waals surface area contributed by atoms with Crippen molar-refractivity contribution in [1.82, 2.24) is 14.8 Å². The number of carbonyl (C=O) groups is 2. The van der Waals surface area contributed by atoms with Gasteiger partial charge in [0.25, 0.3) is 11.8 Å². The summed E-state index contributed by atoms with van der Waals surface area (Å²) in [5, 5.41) is 0. The highest BCUT2D eigenvalue weighted by Gasteiger charge is 2.23. The summed E-state index contributed by atoms with van der Waals surface area (Å²) in [6, 6.07) is 11.1. The molecule has 0 unspecified atom stereocenters. The number of amides is 2. The van der Waals surface area contributed by atoms with Gasteiger partial charge in [-0.15, -0.1) is 0 Å². The van der Waals surface area contributed by atoms with E-state index in [1.807, 2.05) is 31.2 Å². The molecule has 136 valence electrons. The predicted molar refractivity (Wildman–Crippen MR) is 98.0 cm³/mol. The van der Waals surface area contributed by atoms with Crippen LogP contribution >= 0.6 is 0 Å². The molecule has 1 saturated heterocycles. The second-order valence-corrected chi connectivity index (χ2v) is 6.32. The molecule has 0 radical (unpaired) electrons. The fourth-order valence-electron chi connectivity index (χ4n) is 3.00. The monoisotopic (exact) mass is 353 g/mol. The third-order valence-corrected chi connectivity index (χ3v) is 4.51. The third-order valence-electron chi connectivity index (χ3n) is 4.51. The summed E-state index contributed by atoms with van der Waals surface area (Å²) in [6.45, 7) is 4.29. The molecule has 2 amide bonds. The minimum Gasteiger partial charge on any atom is -0.484 e. The SMILES string of the molecule is Cc1ccccc1OCC(=O)N1CCCN(C(=O)c2ccncc2)CC1. The lowest BCUT2D eigenvalue weighted by Gasteiger charge is -2.22. The fourth-order valence-corrected chi connectivity index (χ4v) is 3.00. The highest BCUT2D eigenvalue weighted by molar-refractivity contribution is 5.94. The van der Waals surface area contributed by atoms with Crippen molar-refractivity contribution in [3.05, 3.63) is 59.9 Å². The van der Waals surface area contributed by atoms with Gasteiger partial charge < -0.3 is 14.5 Å². The Balaban J connectivity index is 1.54. The van der Waals surface area contributed by atoms with Gasteiger partial charge >= 0.3 is 0 Å². The number of nitrogens with zero attached hydrogens (tertiary/aromatic N) is 3. The maximum Gasteiger partial charge on any atom is 0.260 e. The van der Waals surface area contributed by atoms with Crippen LogP contribution in [0.2, 0.25) is 0 Å². The molecule has 1 aliphatic rings. The Morgan fingerprint density at radius 3 is 2.46 bits per heavy atom. The Labute approximate surface area is 153 Å². The van der Waals surface area contributed by atoms with Crippen molar-refractivity contribution in [2.45, 2.75) is 13.3 Å². The quantitative estimate of drug-likeness (QED) is 0.845. The molecule has 1 aromatic carbocycles. The highest BCUT2D eigenvalue weighted by atomic mass is 16.5. The van der Waals surface area contributed by atoms with Gasteiger partial charge in [0.1, 0.15) is 5.75 Å². The molecule has 1 aromatic heterocycles. The zero-order valence-corrected chi connectivity index (χ0v) is 14.9. The summed E-state index contributed by atoms with van der Waals surface area (Å²) in [6.07, 6.45) is 3.99. The lowest BCUT2D eigenvalue weighted by molar-refractivity contribution is -0.133. The van der Waals surface area contributed by atoms with E-state index < -0.39 is 0 Å². The molecule has 0 aliphatic carbocycles. The molecule has 0 N–H and O–H groups in total. The largest absolute Gasteiger partial charge is 0.484 e. The minimum absolute atomic E-state index is 0.0159. The van der Waals surface area contributed by atoms with E-state index in [4.69, 9.17) is 4.74 Å². The average Bonchev–Trinajstić information content (AvgIpc) is 2.93. The third kappa shape index (κ3) is 4.39. The van der Waals surface area contributed by atoms with Gasteiger partial charge in [-0.05, 0) is 37.1 Å². The van der Waals surface area contributed by atoms with Crippen LogP contribution in [0.3, 0.4) is 0 Å². The van der Waals surface area contributed by atoms with Crippen LogP contribution < -0.4 is 4.74 Å². The Morgan fingerprint density at radius 2 is 1.69 bits per heavy atom. The van der Waals surface area contributed by atoms with E-state index in [0.717, 1.165) is 17.7 Å². The number of pyridine rings is 1. The number of para-hydroxylation sites is 1. The van der Waals surface area contributed by atoms with Gasteiger partial charge in [0.2, 0.25) is 0 Å². The summed E-state index contributed by atoms with van der Waals surface area (Å²) >= 11 is 0. The number of benzene rings is 1. The number of aryl methyl sites for hydroxylation is 1. The molecule has 0 atom stereocenters. The van der Waals surface area contributed by atoms with Gasteiger partial charge in [-0.3, -0.25) is 14.6 Å². The molecule has 0 spiro atoms. The van der Waals surface area contributed by atoms with E-state index >= 15 is 0 Å². The summed E-state index contributed by atoms with van der Waals surface area (Å²) in [5.41, 5.74) is 1.63. The van der Waals surface area contributed by atoms with Crippen molar-refractivity contribution in [1.29, 1.82) is 0 Å². The van der Waals surface area contributed by atoms with Crippen LogP contribution in [0.5, 0.6) is 5.75 Å². The van der Waals surface area contributed by atoms with E-state index in [1.165, 1.54) is 0 Å². The maximum atomic E-state index is 12.5. The minimum atomic E-state index is -0.0496. The molecular formula is C20H23N3O3. The van der Waals surface area contributed by atoms with Gasteiger partial charge in [0.05, 0.1) is 0 Å². The van der Waals surface area contributed by atoms with E-state index in [1.54, 1.807) is 34.3 Å². The molecule has 1 fully saturated rings.